The van der Waals surface area contributed by atoms with Gasteiger partial charge in [-0.1, -0.05) is 31.5 Å². The summed E-state index contributed by atoms with van der Waals surface area (Å²) in [5, 5.41) is 13.2. The molecule has 24 heavy (non-hydrogen) atoms. The number of rotatable bonds is 2. The van der Waals surface area contributed by atoms with Crippen molar-refractivity contribution in [1.82, 2.24) is 4.98 Å². The molecule has 0 bridgehead atoms. The molecule has 0 radical (unpaired) electrons. The number of fused-ring (bicyclic) bond motifs is 1. The van der Waals surface area contributed by atoms with Crippen molar-refractivity contribution in [2.75, 3.05) is 17.6 Å². The third kappa shape index (κ3) is 5.03. The molecular formula is C17H24ClN5O. The lowest BCUT2D eigenvalue weighted by molar-refractivity contribution is 0.459. The molecule has 1 aromatic heterocycles. The van der Waals surface area contributed by atoms with Gasteiger partial charge in [0.15, 0.2) is 0 Å². The van der Waals surface area contributed by atoms with Crippen LogP contribution < -0.4 is 11.1 Å². The Hall–Kier alpha value is -2.47. The summed E-state index contributed by atoms with van der Waals surface area (Å²) in [6, 6.07) is 5.99. The van der Waals surface area contributed by atoms with Gasteiger partial charge in [0.2, 0.25) is 5.88 Å². The van der Waals surface area contributed by atoms with E-state index < -0.39 is 0 Å². The number of aromatic hydroxyl groups is 1. The number of aromatic amines is 1. The molecule has 2 heterocycles. The Morgan fingerprint density at radius 3 is 2.67 bits per heavy atom. The number of H-pyrrole nitrogens is 1. The summed E-state index contributed by atoms with van der Waals surface area (Å²) in [5.74, 6) is -0.0660. The summed E-state index contributed by atoms with van der Waals surface area (Å²) in [6.07, 6.45) is 2.40. The highest BCUT2D eigenvalue weighted by Crippen LogP contribution is 2.33. The van der Waals surface area contributed by atoms with Crippen LogP contribution in [0.15, 0.2) is 28.2 Å². The maximum atomic E-state index is 9.12. The molecule has 2 aromatic rings. The van der Waals surface area contributed by atoms with Crippen LogP contribution in [0.5, 0.6) is 5.88 Å². The van der Waals surface area contributed by atoms with Crippen molar-refractivity contribution in [1.29, 1.82) is 0 Å². The first-order valence-electron chi connectivity index (χ1n) is 7.70. The van der Waals surface area contributed by atoms with Crippen LogP contribution >= 0.6 is 11.6 Å². The van der Waals surface area contributed by atoms with Crippen molar-refractivity contribution >= 4 is 41.7 Å². The first-order valence-corrected chi connectivity index (χ1v) is 8.08. The van der Waals surface area contributed by atoms with Crippen LogP contribution in [0.1, 0.15) is 25.1 Å². The standard InChI is InChI=1S/C8H8ClN.C7H10N4O.C2H6/c9-7-2-1-6-3-4-10-8(6)5-7;1-4-6(10-3-9-2)5(8)7(12)11-4;1-2/h1-2,5,10H,3-4H2;3,11-12H,2,8H2,1H3;1-2H3. The molecule has 0 atom stereocenters. The third-order valence-electron chi connectivity index (χ3n) is 3.22. The highest BCUT2D eigenvalue weighted by molar-refractivity contribution is 6.30. The van der Waals surface area contributed by atoms with Gasteiger partial charge in [0.25, 0.3) is 0 Å². The summed E-state index contributed by atoms with van der Waals surface area (Å²) in [7, 11) is 0. The van der Waals surface area contributed by atoms with Gasteiger partial charge < -0.3 is 21.1 Å². The average molecular weight is 350 g/mol. The minimum atomic E-state index is -0.0660. The summed E-state index contributed by atoms with van der Waals surface area (Å²) >= 11 is 5.78. The Balaban J connectivity index is 0.000000220. The monoisotopic (exact) mass is 349 g/mol. The van der Waals surface area contributed by atoms with Gasteiger partial charge in [0.1, 0.15) is 17.7 Å². The number of nitrogen functional groups attached to an aromatic ring is 1. The lowest BCUT2D eigenvalue weighted by Crippen LogP contribution is -1.90. The number of nitrogens with two attached hydrogens (primary N) is 1. The molecule has 0 amide bonds. The third-order valence-corrected chi connectivity index (χ3v) is 3.46. The van der Waals surface area contributed by atoms with Crippen molar-refractivity contribution in [3.05, 3.63) is 34.5 Å². The van der Waals surface area contributed by atoms with Gasteiger partial charge in [0, 0.05) is 22.9 Å². The number of anilines is 2. The van der Waals surface area contributed by atoms with Gasteiger partial charge in [0.05, 0.1) is 0 Å². The first kappa shape index (κ1) is 19.6. The van der Waals surface area contributed by atoms with Crippen LogP contribution in [0.25, 0.3) is 0 Å². The zero-order valence-electron chi connectivity index (χ0n) is 14.2. The molecule has 1 aliphatic heterocycles. The van der Waals surface area contributed by atoms with E-state index in [-0.39, 0.29) is 11.6 Å². The molecule has 0 saturated carbocycles. The molecule has 0 fully saturated rings. The second kappa shape index (κ2) is 9.62. The van der Waals surface area contributed by atoms with E-state index in [1.165, 1.54) is 17.6 Å². The Labute approximate surface area is 147 Å². The van der Waals surface area contributed by atoms with E-state index in [1.807, 2.05) is 26.0 Å². The smallest absolute Gasteiger partial charge is 0.214 e. The van der Waals surface area contributed by atoms with Gasteiger partial charge in [-0.2, -0.15) is 0 Å². The second-order valence-corrected chi connectivity index (χ2v) is 5.20. The lowest BCUT2D eigenvalue weighted by atomic mass is 10.2. The predicted octanol–water partition coefficient (Wildman–Crippen LogP) is 4.31. The molecule has 1 aliphatic rings. The van der Waals surface area contributed by atoms with Crippen LogP contribution in [-0.4, -0.2) is 29.7 Å². The number of hydrogen-bond acceptors (Lipinski definition) is 4. The zero-order chi connectivity index (χ0) is 18.1. The minimum absolute atomic E-state index is 0.0660. The van der Waals surface area contributed by atoms with E-state index in [2.05, 4.69) is 33.1 Å². The molecule has 3 rings (SSSR count). The number of aromatic nitrogens is 1. The molecule has 5 N–H and O–H groups in total. The maximum Gasteiger partial charge on any atom is 0.214 e. The maximum absolute atomic E-state index is 9.12. The Kier molecular flexibility index (Phi) is 7.85. The van der Waals surface area contributed by atoms with E-state index in [0.717, 1.165) is 18.0 Å². The van der Waals surface area contributed by atoms with Gasteiger partial charge in [-0.15, -0.1) is 0 Å². The number of halogens is 1. The first-order chi connectivity index (χ1) is 11.5. The molecule has 6 nitrogen and oxygen atoms in total. The Bertz CT molecular complexity index is 709. The molecular weight excluding hydrogens is 326 g/mol. The highest BCUT2D eigenvalue weighted by atomic mass is 35.5. The molecule has 1 aromatic carbocycles. The summed E-state index contributed by atoms with van der Waals surface area (Å²) < 4.78 is 0. The minimum Gasteiger partial charge on any atom is -0.493 e. The number of nitrogens with zero attached hydrogens (tertiary/aromatic N) is 2. The molecule has 130 valence electrons. The largest absolute Gasteiger partial charge is 0.493 e. The van der Waals surface area contributed by atoms with Crippen LogP contribution in [-0.2, 0) is 6.42 Å². The SMILES string of the molecule is C=NC=Nc1c(C)[nH]c(O)c1N.CC.Clc1ccc2c(c1)NCC2. The van der Waals surface area contributed by atoms with E-state index >= 15 is 0 Å². The fourth-order valence-corrected chi connectivity index (χ4v) is 2.32. The topological polar surface area (TPSA) is 98.8 Å². The van der Waals surface area contributed by atoms with Crippen LogP contribution in [0.4, 0.5) is 17.1 Å². The molecule has 0 unspecified atom stereocenters. The van der Waals surface area contributed by atoms with Gasteiger partial charge >= 0.3 is 0 Å². The second-order valence-electron chi connectivity index (χ2n) is 4.77. The average Bonchev–Trinajstić information content (AvgIpc) is 3.13. The van der Waals surface area contributed by atoms with E-state index in [1.54, 1.807) is 6.92 Å². The van der Waals surface area contributed by atoms with E-state index in [4.69, 9.17) is 22.4 Å². The lowest BCUT2D eigenvalue weighted by Gasteiger charge is -1.97. The number of nitrogens with one attached hydrogen (secondary N) is 2. The number of hydrogen-bond donors (Lipinski definition) is 4. The highest BCUT2D eigenvalue weighted by Gasteiger charge is 2.09. The summed E-state index contributed by atoms with van der Waals surface area (Å²) in [6.45, 7) is 10.0. The van der Waals surface area contributed by atoms with Crippen molar-refractivity contribution < 1.29 is 5.11 Å². The molecule has 0 spiro atoms. The van der Waals surface area contributed by atoms with Crippen LogP contribution in [0, 0.1) is 6.92 Å². The summed E-state index contributed by atoms with van der Waals surface area (Å²) in [4.78, 5) is 9.94. The molecule has 0 saturated heterocycles. The van der Waals surface area contributed by atoms with Crippen molar-refractivity contribution in [2.24, 2.45) is 9.98 Å². The fourth-order valence-electron chi connectivity index (χ4n) is 2.15. The van der Waals surface area contributed by atoms with Crippen LogP contribution in [0.2, 0.25) is 5.02 Å². The van der Waals surface area contributed by atoms with E-state index in [0.29, 0.717) is 11.4 Å². The normalized spacial score (nSPS) is 11.7. The zero-order valence-corrected chi connectivity index (χ0v) is 15.0. The molecule has 0 aliphatic carbocycles. The van der Waals surface area contributed by atoms with Crippen molar-refractivity contribution in [3.8, 4) is 5.88 Å². The Morgan fingerprint density at radius 1 is 1.38 bits per heavy atom. The number of aliphatic imine (C=N–C) groups is 2. The van der Waals surface area contributed by atoms with Crippen molar-refractivity contribution in [2.45, 2.75) is 27.2 Å². The van der Waals surface area contributed by atoms with E-state index in [9.17, 15) is 0 Å². The van der Waals surface area contributed by atoms with Crippen LogP contribution in [0.3, 0.4) is 0 Å². The van der Waals surface area contributed by atoms with Gasteiger partial charge in [-0.05, 0) is 37.8 Å². The number of benzene rings is 1. The van der Waals surface area contributed by atoms with Gasteiger partial charge in [-0.3, -0.25) is 4.99 Å². The fraction of sp³-hybridized carbons (Fsp3) is 0.294. The predicted molar refractivity (Wildman–Crippen MR) is 104 cm³/mol. The van der Waals surface area contributed by atoms with Crippen molar-refractivity contribution in [3.63, 3.8) is 0 Å². The summed E-state index contributed by atoms with van der Waals surface area (Å²) in [5.41, 5.74) is 9.50. The Morgan fingerprint density at radius 2 is 2.08 bits per heavy atom. The quantitative estimate of drug-likeness (QED) is 0.480. The van der Waals surface area contributed by atoms with Gasteiger partial charge in [-0.25, -0.2) is 4.99 Å². The molecule has 7 heteroatoms. The number of aryl methyl sites for hydroxylation is 1.